The Balaban J connectivity index is 1.85. The maximum Gasteiger partial charge on any atom is 0.416 e. The van der Waals surface area contributed by atoms with Gasteiger partial charge in [-0.1, -0.05) is 37.5 Å². The van der Waals surface area contributed by atoms with Gasteiger partial charge in [0.2, 0.25) is 0 Å². The van der Waals surface area contributed by atoms with Crippen molar-refractivity contribution >= 4 is 11.9 Å². The Labute approximate surface area is 144 Å². The van der Waals surface area contributed by atoms with Crippen LogP contribution >= 0.6 is 0 Å². The van der Waals surface area contributed by atoms with Crippen LogP contribution in [0, 0.1) is 0 Å². The standard InChI is InChI=1S/C18H22F3NO3/c1-12(17(24)22-15-8-3-2-4-9-15)25-16(23)11-13-6-5-7-14(10-13)18(19,20)21/h5-7,10,12,15H,2-4,8-9,11H2,1H3,(H,22,24). The third-order valence-corrected chi connectivity index (χ3v) is 4.23. The van der Waals surface area contributed by atoms with E-state index < -0.39 is 23.8 Å². The van der Waals surface area contributed by atoms with Crippen molar-refractivity contribution in [3.05, 3.63) is 35.4 Å². The van der Waals surface area contributed by atoms with Gasteiger partial charge in [0.15, 0.2) is 6.10 Å². The third kappa shape index (κ3) is 6.07. The Bertz CT molecular complexity index is 610. The van der Waals surface area contributed by atoms with Crippen LogP contribution in [0.5, 0.6) is 0 Å². The number of nitrogens with one attached hydrogen (secondary N) is 1. The van der Waals surface area contributed by atoms with Crippen LogP contribution in [-0.4, -0.2) is 24.0 Å². The second kappa shape index (κ2) is 8.36. The summed E-state index contributed by atoms with van der Waals surface area (Å²) >= 11 is 0. The number of benzene rings is 1. The molecular formula is C18H22F3NO3. The maximum atomic E-state index is 12.7. The maximum absolute atomic E-state index is 12.7. The second-order valence-corrected chi connectivity index (χ2v) is 6.35. The van der Waals surface area contributed by atoms with Gasteiger partial charge in [-0.25, -0.2) is 0 Å². The zero-order valence-corrected chi connectivity index (χ0v) is 14.1. The van der Waals surface area contributed by atoms with Gasteiger partial charge in [-0.15, -0.1) is 0 Å². The van der Waals surface area contributed by atoms with Crippen LogP contribution in [0.2, 0.25) is 0 Å². The highest BCUT2D eigenvalue weighted by atomic mass is 19.4. The van der Waals surface area contributed by atoms with Crippen molar-refractivity contribution in [3.8, 4) is 0 Å². The van der Waals surface area contributed by atoms with E-state index in [1.165, 1.54) is 19.1 Å². The highest BCUT2D eigenvalue weighted by Crippen LogP contribution is 2.29. The predicted molar refractivity (Wildman–Crippen MR) is 85.7 cm³/mol. The molecule has 1 aliphatic rings. The molecule has 2 rings (SSSR count). The molecule has 1 aromatic carbocycles. The molecule has 1 aromatic rings. The molecule has 1 aliphatic carbocycles. The van der Waals surface area contributed by atoms with Gasteiger partial charge in [0.1, 0.15) is 0 Å². The molecule has 4 nitrogen and oxygen atoms in total. The highest BCUT2D eigenvalue weighted by Gasteiger charge is 2.30. The molecule has 1 fully saturated rings. The number of halogens is 3. The molecule has 7 heteroatoms. The smallest absolute Gasteiger partial charge is 0.416 e. The Morgan fingerprint density at radius 1 is 1.24 bits per heavy atom. The minimum Gasteiger partial charge on any atom is -0.452 e. The number of ether oxygens (including phenoxy) is 1. The summed E-state index contributed by atoms with van der Waals surface area (Å²) in [4.78, 5) is 23.9. The van der Waals surface area contributed by atoms with Crippen molar-refractivity contribution in [1.82, 2.24) is 5.32 Å². The van der Waals surface area contributed by atoms with E-state index >= 15 is 0 Å². The van der Waals surface area contributed by atoms with Crippen LogP contribution in [0.4, 0.5) is 13.2 Å². The molecule has 1 unspecified atom stereocenters. The Morgan fingerprint density at radius 2 is 1.92 bits per heavy atom. The molecule has 0 aromatic heterocycles. The average molecular weight is 357 g/mol. The van der Waals surface area contributed by atoms with E-state index in [4.69, 9.17) is 4.74 Å². The molecule has 138 valence electrons. The summed E-state index contributed by atoms with van der Waals surface area (Å²) in [5.74, 6) is -1.10. The topological polar surface area (TPSA) is 55.4 Å². The third-order valence-electron chi connectivity index (χ3n) is 4.23. The molecule has 0 bridgehead atoms. The van der Waals surface area contributed by atoms with E-state index in [9.17, 15) is 22.8 Å². The van der Waals surface area contributed by atoms with Crippen LogP contribution in [0.3, 0.4) is 0 Å². The zero-order valence-electron chi connectivity index (χ0n) is 14.1. The van der Waals surface area contributed by atoms with Gasteiger partial charge in [-0.2, -0.15) is 13.2 Å². The van der Waals surface area contributed by atoms with Crippen molar-refractivity contribution in [1.29, 1.82) is 0 Å². The van der Waals surface area contributed by atoms with Crippen LogP contribution in [0.15, 0.2) is 24.3 Å². The number of hydrogen-bond donors (Lipinski definition) is 1. The van der Waals surface area contributed by atoms with Crippen molar-refractivity contribution in [2.24, 2.45) is 0 Å². The van der Waals surface area contributed by atoms with Gasteiger partial charge < -0.3 is 10.1 Å². The minimum absolute atomic E-state index is 0.103. The fourth-order valence-electron chi connectivity index (χ4n) is 2.88. The number of esters is 1. The van der Waals surface area contributed by atoms with Gasteiger partial charge in [0, 0.05) is 6.04 Å². The van der Waals surface area contributed by atoms with Gasteiger partial charge in [-0.05, 0) is 31.4 Å². The van der Waals surface area contributed by atoms with E-state index in [1.54, 1.807) is 0 Å². The quantitative estimate of drug-likeness (QED) is 0.819. The molecule has 0 spiro atoms. The monoisotopic (exact) mass is 357 g/mol. The SMILES string of the molecule is CC(OC(=O)Cc1cccc(C(F)(F)F)c1)C(=O)NC1CCCCC1. The second-order valence-electron chi connectivity index (χ2n) is 6.35. The summed E-state index contributed by atoms with van der Waals surface area (Å²) < 4.78 is 43.1. The van der Waals surface area contributed by atoms with E-state index in [0.29, 0.717) is 0 Å². The van der Waals surface area contributed by atoms with Crippen molar-refractivity contribution in [2.45, 2.75) is 63.8 Å². The lowest BCUT2D eigenvalue weighted by Gasteiger charge is -2.24. The molecular weight excluding hydrogens is 335 g/mol. The molecule has 0 aliphatic heterocycles. The molecule has 0 saturated heterocycles. The summed E-state index contributed by atoms with van der Waals surface area (Å²) in [5.41, 5.74) is -0.624. The molecule has 0 heterocycles. The van der Waals surface area contributed by atoms with Crippen LogP contribution in [0.25, 0.3) is 0 Å². The highest BCUT2D eigenvalue weighted by molar-refractivity contribution is 5.84. The van der Waals surface area contributed by atoms with Crippen LogP contribution < -0.4 is 5.32 Å². The first-order valence-corrected chi connectivity index (χ1v) is 8.41. The lowest BCUT2D eigenvalue weighted by atomic mass is 9.95. The summed E-state index contributed by atoms with van der Waals surface area (Å²) in [6.07, 6.45) is -0.636. The average Bonchev–Trinajstić information content (AvgIpc) is 2.55. The Morgan fingerprint density at radius 3 is 2.56 bits per heavy atom. The van der Waals surface area contributed by atoms with E-state index in [1.807, 2.05) is 0 Å². The molecule has 0 radical (unpaired) electrons. The number of hydrogen-bond acceptors (Lipinski definition) is 3. The minimum atomic E-state index is -4.47. The Kier molecular flexibility index (Phi) is 6.45. The summed E-state index contributed by atoms with van der Waals surface area (Å²) in [6.45, 7) is 1.46. The summed E-state index contributed by atoms with van der Waals surface area (Å²) in [7, 11) is 0. The lowest BCUT2D eigenvalue weighted by Crippen LogP contribution is -2.42. The molecule has 1 N–H and O–H groups in total. The van der Waals surface area contributed by atoms with Crippen molar-refractivity contribution in [2.75, 3.05) is 0 Å². The van der Waals surface area contributed by atoms with E-state index in [2.05, 4.69) is 5.32 Å². The van der Waals surface area contributed by atoms with Crippen LogP contribution in [0.1, 0.15) is 50.2 Å². The largest absolute Gasteiger partial charge is 0.452 e. The molecule has 1 saturated carbocycles. The van der Waals surface area contributed by atoms with Gasteiger partial charge in [-0.3, -0.25) is 9.59 Å². The number of carbonyl (C=O) groups excluding carboxylic acids is 2. The summed E-state index contributed by atoms with van der Waals surface area (Å²) in [5, 5.41) is 2.85. The van der Waals surface area contributed by atoms with E-state index in [-0.39, 0.29) is 23.9 Å². The zero-order chi connectivity index (χ0) is 18.4. The summed E-state index contributed by atoms with van der Waals surface area (Å²) in [6, 6.07) is 4.61. The number of amides is 1. The number of rotatable bonds is 5. The molecule has 1 amide bonds. The van der Waals surface area contributed by atoms with Gasteiger partial charge >= 0.3 is 12.1 Å². The Hall–Kier alpha value is -2.05. The van der Waals surface area contributed by atoms with Gasteiger partial charge in [0.25, 0.3) is 5.91 Å². The fourth-order valence-corrected chi connectivity index (χ4v) is 2.88. The van der Waals surface area contributed by atoms with E-state index in [0.717, 1.165) is 44.2 Å². The van der Waals surface area contributed by atoms with Crippen molar-refractivity contribution in [3.63, 3.8) is 0 Å². The normalized spacial score (nSPS) is 17.0. The fraction of sp³-hybridized carbons (Fsp3) is 0.556. The number of alkyl halides is 3. The lowest BCUT2D eigenvalue weighted by molar-refractivity contribution is -0.154. The molecule has 25 heavy (non-hydrogen) atoms. The van der Waals surface area contributed by atoms with Gasteiger partial charge in [0.05, 0.1) is 12.0 Å². The number of carbonyl (C=O) groups is 2. The molecule has 1 atom stereocenters. The predicted octanol–water partition coefficient (Wildman–Crippen LogP) is 3.63. The van der Waals surface area contributed by atoms with Crippen LogP contribution in [-0.2, 0) is 26.9 Å². The first-order chi connectivity index (χ1) is 11.8. The van der Waals surface area contributed by atoms with Crippen molar-refractivity contribution < 1.29 is 27.5 Å². The first-order valence-electron chi connectivity index (χ1n) is 8.41. The first kappa shape index (κ1) is 19.3.